The standard InChI is InChI=1S/C15H23N3O/c1-18-5-4-11(10-18)9-16-15(19)8-12-6-13-2-3-14(7-12)17-13/h4-5,10,12-14,17H,2-3,6-9H2,1H3,(H,16,19). The molecule has 1 aromatic rings. The van der Waals surface area contributed by atoms with Gasteiger partial charge < -0.3 is 15.2 Å². The van der Waals surface area contributed by atoms with Crippen molar-refractivity contribution in [2.75, 3.05) is 0 Å². The molecule has 3 heterocycles. The number of hydrogen-bond donors (Lipinski definition) is 2. The number of hydrogen-bond acceptors (Lipinski definition) is 2. The summed E-state index contributed by atoms with van der Waals surface area (Å²) in [7, 11) is 2.00. The zero-order chi connectivity index (χ0) is 13.2. The van der Waals surface area contributed by atoms with Gasteiger partial charge in [0, 0.05) is 44.5 Å². The van der Waals surface area contributed by atoms with Gasteiger partial charge >= 0.3 is 0 Å². The Hall–Kier alpha value is -1.29. The molecule has 4 heteroatoms. The molecule has 2 atom stereocenters. The predicted octanol–water partition coefficient (Wildman–Crippen LogP) is 1.56. The molecule has 0 radical (unpaired) electrons. The van der Waals surface area contributed by atoms with Crippen LogP contribution in [0.25, 0.3) is 0 Å². The van der Waals surface area contributed by atoms with Gasteiger partial charge in [-0.15, -0.1) is 0 Å². The summed E-state index contributed by atoms with van der Waals surface area (Å²) in [4.78, 5) is 12.0. The number of amides is 1. The zero-order valence-electron chi connectivity index (χ0n) is 11.6. The van der Waals surface area contributed by atoms with Gasteiger partial charge in [-0.1, -0.05) is 0 Å². The van der Waals surface area contributed by atoms with Crippen molar-refractivity contribution in [1.82, 2.24) is 15.2 Å². The van der Waals surface area contributed by atoms with Crippen molar-refractivity contribution < 1.29 is 4.79 Å². The second-order valence-corrected chi connectivity index (χ2v) is 6.14. The fraction of sp³-hybridized carbons (Fsp3) is 0.667. The van der Waals surface area contributed by atoms with E-state index in [0.29, 0.717) is 31.0 Å². The first kappa shape index (κ1) is 12.7. The number of nitrogens with one attached hydrogen (secondary N) is 2. The summed E-state index contributed by atoms with van der Waals surface area (Å²) in [6, 6.07) is 3.39. The topological polar surface area (TPSA) is 46.1 Å². The highest BCUT2D eigenvalue weighted by molar-refractivity contribution is 5.76. The molecule has 4 nitrogen and oxygen atoms in total. The number of rotatable bonds is 4. The van der Waals surface area contributed by atoms with E-state index >= 15 is 0 Å². The smallest absolute Gasteiger partial charge is 0.220 e. The van der Waals surface area contributed by atoms with E-state index in [2.05, 4.69) is 10.6 Å². The van der Waals surface area contributed by atoms with Crippen molar-refractivity contribution in [3.05, 3.63) is 24.0 Å². The van der Waals surface area contributed by atoms with E-state index in [1.165, 1.54) is 31.2 Å². The van der Waals surface area contributed by atoms with Crippen LogP contribution in [-0.4, -0.2) is 22.6 Å². The predicted molar refractivity (Wildman–Crippen MR) is 74.5 cm³/mol. The van der Waals surface area contributed by atoms with Crippen molar-refractivity contribution >= 4 is 5.91 Å². The third kappa shape index (κ3) is 3.18. The first-order valence-electron chi connectivity index (χ1n) is 7.32. The molecule has 0 saturated carbocycles. The molecule has 2 unspecified atom stereocenters. The number of nitrogens with zero attached hydrogens (tertiary/aromatic N) is 1. The molecule has 2 saturated heterocycles. The van der Waals surface area contributed by atoms with Gasteiger partial charge in [0.1, 0.15) is 0 Å². The maximum atomic E-state index is 12.0. The van der Waals surface area contributed by atoms with Gasteiger partial charge in [0.25, 0.3) is 0 Å². The van der Waals surface area contributed by atoms with Gasteiger partial charge in [0.05, 0.1) is 0 Å². The van der Waals surface area contributed by atoms with Gasteiger partial charge in [-0.05, 0) is 43.2 Å². The molecule has 3 rings (SSSR count). The van der Waals surface area contributed by atoms with Crippen molar-refractivity contribution in [1.29, 1.82) is 0 Å². The summed E-state index contributed by atoms with van der Waals surface area (Å²) in [6.45, 7) is 0.650. The molecule has 2 fully saturated rings. The minimum Gasteiger partial charge on any atom is -0.357 e. The summed E-state index contributed by atoms with van der Waals surface area (Å²) in [5.74, 6) is 0.782. The Bertz CT molecular complexity index is 442. The maximum Gasteiger partial charge on any atom is 0.220 e. The Labute approximate surface area is 114 Å². The summed E-state index contributed by atoms with van der Waals surface area (Å²) in [6.07, 6.45) is 9.70. The Morgan fingerprint density at radius 3 is 2.79 bits per heavy atom. The van der Waals surface area contributed by atoms with Crippen molar-refractivity contribution in [3.63, 3.8) is 0 Å². The molecule has 104 valence electrons. The largest absolute Gasteiger partial charge is 0.357 e. The lowest BCUT2D eigenvalue weighted by atomic mass is 9.89. The molecular formula is C15H23N3O. The van der Waals surface area contributed by atoms with E-state index in [1.54, 1.807) is 0 Å². The number of carbonyl (C=O) groups is 1. The molecule has 19 heavy (non-hydrogen) atoms. The third-order valence-corrected chi connectivity index (χ3v) is 4.43. The summed E-state index contributed by atoms with van der Waals surface area (Å²) in [5, 5.41) is 6.66. The third-order valence-electron chi connectivity index (χ3n) is 4.43. The highest BCUT2D eigenvalue weighted by Gasteiger charge is 2.34. The van der Waals surface area contributed by atoms with Crippen LogP contribution in [0.15, 0.2) is 18.5 Å². The Kier molecular flexibility index (Phi) is 3.60. The molecule has 0 aromatic carbocycles. The fourth-order valence-electron chi connectivity index (χ4n) is 3.54. The number of aromatic nitrogens is 1. The molecule has 2 aliphatic heterocycles. The van der Waals surface area contributed by atoms with E-state index in [0.717, 1.165) is 0 Å². The number of carbonyl (C=O) groups excluding carboxylic acids is 1. The van der Waals surface area contributed by atoms with Crippen LogP contribution in [0.2, 0.25) is 0 Å². The highest BCUT2D eigenvalue weighted by Crippen LogP contribution is 2.32. The van der Waals surface area contributed by atoms with Crippen molar-refractivity contribution in [2.45, 2.75) is 50.7 Å². The van der Waals surface area contributed by atoms with Crippen LogP contribution >= 0.6 is 0 Å². The average Bonchev–Trinajstić information content (AvgIpc) is 2.93. The normalized spacial score (nSPS) is 29.4. The number of aryl methyl sites for hydroxylation is 1. The molecular weight excluding hydrogens is 238 g/mol. The van der Waals surface area contributed by atoms with Gasteiger partial charge in [-0.25, -0.2) is 0 Å². The van der Waals surface area contributed by atoms with Crippen molar-refractivity contribution in [2.24, 2.45) is 13.0 Å². The first-order valence-corrected chi connectivity index (χ1v) is 7.32. The second-order valence-electron chi connectivity index (χ2n) is 6.14. The quantitative estimate of drug-likeness (QED) is 0.864. The van der Waals surface area contributed by atoms with Crippen LogP contribution in [0.3, 0.4) is 0 Å². The number of piperidine rings is 1. The van der Waals surface area contributed by atoms with Gasteiger partial charge in [0.15, 0.2) is 0 Å². The lowest BCUT2D eigenvalue weighted by Crippen LogP contribution is -2.39. The molecule has 2 aliphatic rings. The number of fused-ring (bicyclic) bond motifs is 2. The summed E-state index contributed by atoms with van der Waals surface area (Å²) < 4.78 is 2.01. The molecule has 1 amide bonds. The van der Waals surface area contributed by atoms with Crippen LogP contribution in [0.5, 0.6) is 0 Å². The minimum atomic E-state index is 0.204. The van der Waals surface area contributed by atoms with E-state index in [-0.39, 0.29) is 5.91 Å². The molecule has 0 aliphatic carbocycles. The average molecular weight is 261 g/mol. The lowest BCUT2D eigenvalue weighted by molar-refractivity contribution is -0.122. The van der Waals surface area contributed by atoms with Gasteiger partial charge in [-0.3, -0.25) is 4.79 Å². The van der Waals surface area contributed by atoms with Gasteiger partial charge in [-0.2, -0.15) is 0 Å². The van der Waals surface area contributed by atoms with Crippen LogP contribution in [0, 0.1) is 5.92 Å². The van der Waals surface area contributed by atoms with Crippen LogP contribution in [-0.2, 0) is 18.4 Å². The van der Waals surface area contributed by atoms with Crippen LogP contribution in [0.1, 0.15) is 37.7 Å². The maximum absolute atomic E-state index is 12.0. The van der Waals surface area contributed by atoms with E-state index < -0.39 is 0 Å². The Morgan fingerprint density at radius 2 is 2.16 bits per heavy atom. The SMILES string of the molecule is Cn1ccc(CNC(=O)CC2CC3CCC(C2)N3)c1. The summed E-state index contributed by atoms with van der Waals surface area (Å²) in [5.41, 5.74) is 1.17. The Balaban J connectivity index is 1.44. The van der Waals surface area contributed by atoms with Crippen LogP contribution < -0.4 is 10.6 Å². The molecule has 2 N–H and O–H groups in total. The Morgan fingerprint density at radius 1 is 1.42 bits per heavy atom. The monoisotopic (exact) mass is 261 g/mol. The zero-order valence-corrected chi connectivity index (χ0v) is 11.6. The van der Waals surface area contributed by atoms with Crippen molar-refractivity contribution in [3.8, 4) is 0 Å². The van der Waals surface area contributed by atoms with E-state index in [4.69, 9.17) is 0 Å². The highest BCUT2D eigenvalue weighted by atomic mass is 16.1. The molecule has 2 bridgehead atoms. The second kappa shape index (κ2) is 5.37. The lowest BCUT2D eigenvalue weighted by Gasteiger charge is -2.28. The fourth-order valence-corrected chi connectivity index (χ4v) is 3.54. The van der Waals surface area contributed by atoms with E-state index in [1.807, 2.05) is 30.1 Å². The molecule has 0 spiro atoms. The molecule has 1 aromatic heterocycles. The minimum absolute atomic E-state index is 0.204. The first-order chi connectivity index (χ1) is 9.19. The summed E-state index contributed by atoms with van der Waals surface area (Å²) >= 11 is 0. The van der Waals surface area contributed by atoms with E-state index in [9.17, 15) is 4.79 Å². The van der Waals surface area contributed by atoms with Gasteiger partial charge in [0.2, 0.25) is 5.91 Å². The van der Waals surface area contributed by atoms with Crippen LogP contribution in [0.4, 0.5) is 0 Å².